The molecule has 0 aliphatic carbocycles. The molecule has 19 heavy (non-hydrogen) atoms. The van der Waals surface area contributed by atoms with Crippen molar-refractivity contribution >= 4 is 21.6 Å². The van der Waals surface area contributed by atoms with Crippen molar-refractivity contribution in [1.82, 2.24) is 9.38 Å². The highest BCUT2D eigenvalue weighted by molar-refractivity contribution is 9.10. The molecule has 0 saturated heterocycles. The topological polar surface area (TPSA) is 17.3 Å². The Morgan fingerprint density at radius 2 is 2.00 bits per heavy atom. The molecular formula is C16H15BrN2. The lowest BCUT2D eigenvalue weighted by atomic mass is 10.1. The zero-order valence-corrected chi connectivity index (χ0v) is 12.6. The summed E-state index contributed by atoms with van der Waals surface area (Å²) in [6.07, 6.45) is 5.04. The molecule has 2 aromatic heterocycles. The Morgan fingerprint density at radius 3 is 2.79 bits per heavy atom. The van der Waals surface area contributed by atoms with Gasteiger partial charge in [-0.2, -0.15) is 0 Å². The molecule has 0 atom stereocenters. The highest BCUT2D eigenvalue weighted by atomic mass is 79.9. The van der Waals surface area contributed by atoms with Crippen molar-refractivity contribution in [3.05, 3.63) is 69.6 Å². The minimum absolute atomic E-state index is 0.875. The molecule has 0 radical (unpaired) electrons. The van der Waals surface area contributed by atoms with Gasteiger partial charge in [0.05, 0.1) is 5.69 Å². The predicted molar refractivity (Wildman–Crippen MR) is 81.6 cm³/mol. The number of nitrogens with zero attached hydrogens (tertiary/aromatic N) is 2. The van der Waals surface area contributed by atoms with Crippen molar-refractivity contribution in [1.29, 1.82) is 0 Å². The molecule has 2 heterocycles. The number of hydrogen-bond donors (Lipinski definition) is 0. The first kappa shape index (κ1) is 12.4. The van der Waals surface area contributed by atoms with E-state index in [1.807, 2.05) is 0 Å². The van der Waals surface area contributed by atoms with Gasteiger partial charge in [0, 0.05) is 23.3 Å². The van der Waals surface area contributed by atoms with Gasteiger partial charge in [-0.05, 0) is 47.0 Å². The lowest BCUT2D eigenvalue weighted by Crippen LogP contribution is -1.88. The van der Waals surface area contributed by atoms with Crippen molar-refractivity contribution in [3.63, 3.8) is 0 Å². The third-order valence-electron chi connectivity index (χ3n) is 3.25. The van der Waals surface area contributed by atoms with Crippen LogP contribution in [0.5, 0.6) is 0 Å². The monoisotopic (exact) mass is 314 g/mol. The van der Waals surface area contributed by atoms with E-state index in [0.29, 0.717) is 0 Å². The van der Waals surface area contributed by atoms with Gasteiger partial charge in [0.2, 0.25) is 0 Å². The predicted octanol–water partition coefficient (Wildman–Crippen LogP) is 4.30. The fourth-order valence-corrected chi connectivity index (χ4v) is 2.61. The molecule has 1 aromatic carbocycles. The van der Waals surface area contributed by atoms with Gasteiger partial charge in [-0.15, -0.1) is 0 Å². The fourth-order valence-electron chi connectivity index (χ4n) is 2.27. The summed E-state index contributed by atoms with van der Waals surface area (Å²) >= 11 is 3.55. The molecular weight excluding hydrogens is 300 g/mol. The molecule has 0 amide bonds. The van der Waals surface area contributed by atoms with Gasteiger partial charge in [-0.3, -0.25) is 0 Å². The zero-order valence-electron chi connectivity index (χ0n) is 11.0. The number of hydrogen-bond acceptors (Lipinski definition) is 1. The van der Waals surface area contributed by atoms with Crippen molar-refractivity contribution in [2.24, 2.45) is 0 Å². The van der Waals surface area contributed by atoms with E-state index in [2.05, 4.69) is 81.9 Å². The molecule has 0 fully saturated rings. The fraction of sp³-hybridized carbons (Fsp3) is 0.188. The maximum absolute atomic E-state index is 4.68. The molecule has 3 aromatic rings. The molecule has 0 aliphatic heterocycles. The Kier molecular flexibility index (Phi) is 3.15. The number of imidazole rings is 1. The quantitative estimate of drug-likeness (QED) is 0.689. The molecule has 0 bridgehead atoms. The van der Waals surface area contributed by atoms with E-state index in [-0.39, 0.29) is 0 Å². The molecule has 0 saturated carbocycles. The van der Waals surface area contributed by atoms with E-state index in [9.17, 15) is 0 Å². The number of aryl methyl sites for hydroxylation is 2. The molecule has 3 rings (SSSR count). The van der Waals surface area contributed by atoms with Crippen LogP contribution in [-0.4, -0.2) is 9.38 Å². The first-order valence-electron chi connectivity index (χ1n) is 6.31. The lowest BCUT2D eigenvalue weighted by molar-refractivity contribution is 1.11. The van der Waals surface area contributed by atoms with Crippen molar-refractivity contribution in [3.8, 4) is 0 Å². The van der Waals surface area contributed by atoms with Crippen LogP contribution in [0.25, 0.3) is 5.65 Å². The van der Waals surface area contributed by atoms with Gasteiger partial charge in [0.1, 0.15) is 5.65 Å². The molecule has 0 unspecified atom stereocenters. The standard InChI is InChI=1S/C16H15BrN2/c1-11-4-3-5-13(6-11)8-14-9-19-10-15(17)12(2)7-16(19)18-14/h3-7,9-10H,8H2,1-2H3. The number of halogens is 1. The highest BCUT2D eigenvalue weighted by Gasteiger charge is 2.05. The smallest absolute Gasteiger partial charge is 0.137 e. The Labute approximate surface area is 121 Å². The van der Waals surface area contributed by atoms with Crippen LogP contribution in [0.2, 0.25) is 0 Å². The van der Waals surface area contributed by atoms with E-state index < -0.39 is 0 Å². The minimum atomic E-state index is 0.875. The first-order chi connectivity index (χ1) is 9.11. The number of aromatic nitrogens is 2. The van der Waals surface area contributed by atoms with Crippen LogP contribution in [0.15, 0.2) is 47.2 Å². The SMILES string of the molecule is Cc1cccc(Cc2cn3cc(Br)c(C)cc3n2)c1. The number of fused-ring (bicyclic) bond motifs is 1. The van der Waals surface area contributed by atoms with E-state index in [1.165, 1.54) is 16.7 Å². The molecule has 3 heteroatoms. The maximum Gasteiger partial charge on any atom is 0.137 e. The number of benzene rings is 1. The van der Waals surface area contributed by atoms with E-state index in [4.69, 9.17) is 0 Å². The summed E-state index contributed by atoms with van der Waals surface area (Å²) < 4.78 is 3.18. The van der Waals surface area contributed by atoms with Crippen molar-refractivity contribution < 1.29 is 0 Å². The average Bonchev–Trinajstić information content (AvgIpc) is 2.71. The van der Waals surface area contributed by atoms with E-state index >= 15 is 0 Å². The van der Waals surface area contributed by atoms with Crippen LogP contribution in [-0.2, 0) is 6.42 Å². The van der Waals surface area contributed by atoms with Crippen molar-refractivity contribution in [2.45, 2.75) is 20.3 Å². The largest absolute Gasteiger partial charge is 0.306 e. The van der Waals surface area contributed by atoms with E-state index in [0.717, 1.165) is 22.2 Å². The molecule has 2 nitrogen and oxygen atoms in total. The summed E-state index contributed by atoms with van der Waals surface area (Å²) in [7, 11) is 0. The molecule has 0 N–H and O–H groups in total. The van der Waals surface area contributed by atoms with E-state index in [1.54, 1.807) is 0 Å². The van der Waals surface area contributed by atoms with Gasteiger partial charge < -0.3 is 4.40 Å². The lowest BCUT2D eigenvalue weighted by Gasteiger charge is -1.99. The Balaban J connectivity index is 1.97. The van der Waals surface area contributed by atoms with Gasteiger partial charge in [0.25, 0.3) is 0 Å². The zero-order chi connectivity index (χ0) is 13.4. The Morgan fingerprint density at radius 1 is 1.16 bits per heavy atom. The van der Waals surface area contributed by atoms with Gasteiger partial charge >= 0.3 is 0 Å². The van der Waals surface area contributed by atoms with Crippen LogP contribution in [0, 0.1) is 13.8 Å². The molecule has 0 aliphatic rings. The number of pyridine rings is 1. The molecule has 96 valence electrons. The van der Waals surface area contributed by atoms with Crippen LogP contribution in [0.3, 0.4) is 0 Å². The molecule has 0 spiro atoms. The summed E-state index contributed by atoms with van der Waals surface area (Å²) in [4.78, 5) is 4.68. The summed E-state index contributed by atoms with van der Waals surface area (Å²) in [6, 6.07) is 10.7. The van der Waals surface area contributed by atoms with Crippen LogP contribution < -0.4 is 0 Å². The van der Waals surface area contributed by atoms with Gasteiger partial charge in [-0.1, -0.05) is 29.8 Å². The second-order valence-corrected chi connectivity index (χ2v) is 5.82. The van der Waals surface area contributed by atoms with Crippen LogP contribution in [0.1, 0.15) is 22.4 Å². The Hall–Kier alpha value is -1.61. The second kappa shape index (κ2) is 4.82. The summed E-state index contributed by atoms with van der Waals surface area (Å²) in [6.45, 7) is 4.20. The summed E-state index contributed by atoms with van der Waals surface area (Å²) in [5.41, 5.74) is 5.91. The number of rotatable bonds is 2. The Bertz CT molecular complexity index is 705. The third-order valence-corrected chi connectivity index (χ3v) is 4.08. The van der Waals surface area contributed by atoms with Gasteiger partial charge in [-0.25, -0.2) is 4.98 Å². The van der Waals surface area contributed by atoms with Crippen LogP contribution >= 0.6 is 15.9 Å². The maximum atomic E-state index is 4.68. The summed E-state index contributed by atoms with van der Waals surface area (Å²) in [5, 5.41) is 0. The van der Waals surface area contributed by atoms with Crippen molar-refractivity contribution in [2.75, 3.05) is 0 Å². The van der Waals surface area contributed by atoms with Crippen LogP contribution in [0.4, 0.5) is 0 Å². The highest BCUT2D eigenvalue weighted by Crippen LogP contribution is 2.19. The average molecular weight is 315 g/mol. The minimum Gasteiger partial charge on any atom is -0.306 e. The normalized spacial score (nSPS) is 11.1. The van der Waals surface area contributed by atoms with Gasteiger partial charge in [0.15, 0.2) is 0 Å². The summed E-state index contributed by atoms with van der Waals surface area (Å²) in [5.74, 6) is 0. The first-order valence-corrected chi connectivity index (χ1v) is 7.10. The third kappa shape index (κ3) is 2.56. The second-order valence-electron chi connectivity index (χ2n) is 4.97.